The number of rotatable bonds is 7. The minimum absolute atomic E-state index is 0.0885. The zero-order chi connectivity index (χ0) is 24.3. The number of fused-ring (bicyclic) bond motifs is 1. The Morgan fingerprint density at radius 3 is 2.38 bits per heavy atom. The Morgan fingerprint density at radius 2 is 1.71 bits per heavy atom. The maximum Gasteiger partial charge on any atom is 0.251 e. The molecule has 0 unspecified atom stereocenters. The Hall–Kier alpha value is -3.23. The van der Waals surface area contributed by atoms with Crippen LogP contribution in [0.2, 0.25) is 5.02 Å². The van der Waals surface area contributed by atoms with Gasteiger partial charge in [0.1, 0.15) is 13.2 Å². The third-order valence-electron chi connectivity index (χ3n) is 5.50. The number of sulfonamides is 1. The van der Waals surface area contributed by atoms with Gasteiger partial charge >= 0.3 is 0 Å². The van der Waals surface area contributed by atoms with Gasteiger partial charge in [-0.3, -0.25) is 9.10 Å². The molecule has 0 saturated carbocycles. The van der Waals surface area contributed by atoms with E-state index >= 15 is 0 Å². The van der Waals surface area contributed by atoms with Crippen molar-refractivity contribution in [3.8, 4) is 11.5 Å². The van der Waals surface area contributed by atoms with E-state index in [0.29, 0.717) is 46.5 Å². The molecule has 0 spiro atoms. The standard InChI is InChI=1S/C25H25ClN2O5S/c1-17(19-9-12-23-24(15-19)33-14-13-32-23)27-25(29)18-7-10-21(11-8-18)28(34(2,30)31)16-20-5-3-4-6-22(20)26/h3-12,15,17H,13-14,16H2,1-2H3,(H,27,29)/t17-/m1/s1. The molecular formula is C25H25ClN2O5S. The predicted octanol–water partition coefficient (Wildman–Crippen LogP) is 4.57. The van der Waals surface area contributed by atoms with Gasteiger partial charge in [-0.25, -0.2) is 8.42 Å². The SMILES string of the molecule is C[C@@H](NC(=O)c1ccc(N(Cc2ccccc2Cl)S(C)(=O)=O)cc1)c1ccc2c(c1)OCCO2. The van der Waals surface area contributed by atoms with E-state index < -0.39 is 10.0 Å². The summed E-state index contributed by atoms with van der Waals surface area (Å²) < 4.78 is 37.3. The van der Waals surface area contributed by atoms with Crippen LogP contribution in [0.3, 0.4) is 0 Å². The lowest BCUT2D eigenvalue weighted by Gasteiger charge is -2.23. The Balaban J connectivity index is 1.48. The van der Waals surface area contributed by atoms with Crippen molar-refractivity contribution in [2.75, 3.05) is 23.8 Å². The van der Waals surface area contributed by atoms with E-state index in [2.05, 4.69) is 5.32 Å². The fourth-order valence-corrected chi connectivity index (χ4v) is 4.73. The molecule has 0 aromatic heterocycles. The molecule has 3 aromatic rings. The van der Waals surface area contributed by atoms with Crippen molar-refractivity contribution in [1.29, 1.82) is 0 Å². The lowest BCUT2D eigenvalue weighted by Crippen LogP contribution is -2.30. The molecule has 1 aliphatic rings. The van der Waals surface area contributed by atoms with Gasteiger partial charge < -0.3 is 14.8 Å². The summed E-state index contributed by atoms with van der Waals surface area (Å²) in [5.74, 6) is 1.08. The van der Waals surface area contributed by atoms with Crippen LogP contribution in [0.1, 0.15) is 34.5 Å². The first-order chi connectivity index (χ1) is 16.2. The number of carbonyl (C=O) groups is 1. The van der Waals surface area contributed by atoms with Crippen LogP contribution in [0, 0.1) is 0 Å². The van der Waals surface area contributed by atoms with E-state index in [-0.39, 0.29) is 18.5 Å². The van der Waals surface area contributed by atoms with E-state index in [1.165, 1.54) is 4.31 Å². The highest BCUT2D eigenvalue weighted by Gasteiger charge is 2.20. The van der Waals surface area contributed by atoms with Crippen LogP contribution in [0.4, 0.5) is 5.69 Å². The van der Waals surface area contributed by atoms with Crippen molar-refractivity contribution >= 4 is 33.2 Å². The first-order valence-corrected chi connectivity index (χ1v) is 13.0. The molecule has 178 valence electrons. The molecule has 1 N–H and O–H groups in total. The third-order valence-corrected chi connectivity index (χ3v) is 7.01. The molecule has 34 heavy (non-hydrogen) atoms. The van der Waals surface area contributed by atoms with E-state index in [0.717, 1.165) is 11.8 Å². The predicted molar refractivity (Wildman–Crippen MR) is 132 cm³/mol. The van der Waals surface area contributed by atoms with Crippen molar-refractivity contribution in [1.82, 2.24) is 5.32 Å². The second-order valence-corrected chi connectivity index (χ2v) is 10.3. The topological polar surface area (TPSA) is 84.9 Å². The number of amides is 1. The summed E-state index contributed by atoms with van der Waals surface area (Å²) in [5, 5.41) is 3.45. The van der Waals surface area contributed by atoms with Crippen LogP contribution in [-0.4, -0.2) is 33.8 Å². The van der Waals surface area contributed by atoms with Gasteiger partial charge in [0.25, 0.3) is 5.91 Å². The number of hydrogen-bond donors (Lipinski definition) is 1. The zero-order valence-corrected chi connectivity index (χ0v) is 20.4. The molecule has 0 aliphatic carbocycles. The summed E-state index contributed by atoms with van der Waals surface area (Å²) in [6.07, 6.45) is 1.14. The molecule has 0 saturated heterocycles. The lowest BCUT2D eigenvalue weighted by atomic mass is 10.1. The van der Waals surface area contributed by atoms with Gasteiger partial charge in [0, 0.05) is 10.6 Å². The Bertz CT molecular complexity index is 1290. The van der Waals surface area contributed by atoms with Gasteiger partial charge in [0.2, 0.25) is 10.0 Å². The highest BCUT2D eigenvalue weighted by Crippen LogP contribution is 2.32. The van der Waals surface area contributed by atoms with E-state index in [9.17, 15) is 13.2 Å². The minimum Gasteiger partial charge on any atom is -0.486 e. The molecule has 1 atom stereocenters. The maximum absolute atomic E-state index is 12.8. The zero-order valence-electron chi connectivity index (χ0n) is 18.8. The molecule has 0 fully saturated rings. The van der Waals surface area contributed by atoms with Gasteiger partial charge in [-0.15, -0.1) is 0 Å². The fourth-order valence-electron chi connectivity index (χ4n) is 3.65. The summed E-state index contributed by atoms with van der Waals surface area (Å²) in [7, 11) is -3.58. The van der Waals surface area contributed by atoms with Gasteiger partial charge in [-0.1, -0.05) is 35.9 Å². The van der Waals surface area contributed by atoms with Crippen molar-refractivity contribution in [2.24, 2.45) is 0 Å². The van der Waals surface area contributed by atoms with Gasteiger partial charge in [0.15, 0.2) is 11.5 Å². The molecule has 1 amide bonds. The summed E-state index contributed by atoms with van der Waals surface area (Å²) in [6.45, 7) is 2.98. The summed E-state index contributed by atoms with van der Waals surface area (Å²) in [6, 6.07) is 18.8. The molecule has 0 radical (unpaired) electrons. The Morgan fingerprint density at radius 1 is 1.03 bits per heavy atom. The van der Waals surface area contributed by atoms with Gasteiger partial charge in [-0.2, -0.15) is 0 Å². The van der Waals surface area contributed by atoms with Crippen LogP contribution in [0.5, 0.6) is 11.5 Å². The average Bonchev–Trinajstić information content (AvgIpc) is 2.82. The van der Waals surface area contributed by atoms with Crippen molar-refractivity contribution in [2.45, 2.75) is 19.5 Å². The summed E-state index contributed by atoms with van der Waals surface area (Å²) in [5.41, 5.74) is 2.43. The first kappa shape index (κ1) is 23.9. The molecule has 4 rings (SSSR count). The summed E-state index contributed by atoms with van der Waals surface area (Å²) >= 11 is 6.22. The summed E-state index contributed by atoms with van der Waals surface area (Å²) in [4.78, 5) is 12.8. The lowest BCUT2D eigenvalue weighted by molar-refractivity contribution is 0.0939. The number of halogens is 1. The molecule has 7 nitrogen and oxygen atoms in total. The molecular weight excluding hydrogens is 476 g/mol. The monoisotopic (exact) mass is 500 g/mol. The quantitative estimate of drug-likeness (QED) is 0.513. The van der Waals surface area contributed by atoms with Crippen LogP contribution >= 0.6 is 11.6 Å². The highest BCUT2D eigenvalue weighted by atomic mass is 35.5. The van der Waals surface area contributed by atoms with Crippen molar-refractivity contribution in [3.63, 3.8) is 0 Å². The minimum atomic E-state index is -3.58. The highest BCUT2D eigenvalue weighted by molar-refractivity contribution is 7.92. The van der Waals surface area contributed by atoms with E-state index in [4.69, 9.17) is 21.1 Å². The number of nitrogens with one attached hydrogen (secondary N) is 1. The van der Waals surface area contributed by atoms with E-state index in [1.54, 1.807) is 48.5 Å². The molecule has 9 heteroatoms. The number of carbonyl (C=O) groups excluding carboxylic acids is 1. The van der Waals surface area contributed by atoms with Crippen molar-refractivity contribution in [3.05, 3.63) is 88.4 Å². The van der Waals surface area contributed by atoms with Crippen LogP contribution in [0.15, 0.2) is 66.7 Å². The number of ether oxygens (including phenoxy) is 2. The second kappa shape index (κ2) is 9.95. The smallest absolute Gasteiger partial charge is 0.251 e. The third kappa shape index (κ3) is 5.46. The number of anilines is 1. The van der Waals surface area contributed by atoms with Crippen LogP contribution < -0.4 is 19.1 Å². The number of benzene rings is 3. The number of hydrogen-bond acceptors (Lipinski definition) is 5. The fraction of sp³-hybridized carbons (Fsp3) is 0.240. The van der Waals surface area contributed by atoms with Crippen molar-refractivity contribution < 1.29 is 22.7 Å². The van der Waals surface area contributed by atoms with Gasteiger partial charge in [0.05, 0.1) is 24.5 Å². The maximum atomic E-state index is 12.8. The molecule has 3 aromatic carbocycles. The van der Waals surface area contributed by atoms with Crippen LogP contribution in [-0.2, 0) is 16.6 Å². The second-order valence-electron chi connectivity index (χ2n) is 8.01. The average molecular weight is 501 g/mol. The number of nitrogens with zero attached hydrogens (tertiary/aromatic N) is 1. The van der Waals surface area contributed by atoms with Gasteiger partial charge in [-0.05, 0) is 60.5 Å². The first-order valence-electron chi connectivity index (χ1n) is 10.7. The normalized spacial score (nSPS) is 13.7. The molecule has 1 aliphatic heterocycles. The molecule has 0 bridgehead atoms. The van der Waals surface area contributed by atoms with Crippen LogP contribution in [0.25, 0.3) is 0 Å². The van der Waals surface area contributed by atoms with E-state index in [1.807, 2.05) is 25.1 Å². The Kier molecular flexibility index (Phi) is 7.00. The Labute approximate surface area is 204 Å². The largest absolute Gasteiger partial charge is 0.486 e. The molecule has 1 heterocycles.